The van der Waals surface area contributed by atoms with Crippen molar-refractivity contribution in [3.63, 3.8) is 0 Å². The van der Waals surface area contributed by atoms with E-state index in [4.69, 9.17) is 0 Å². The maximum atomic E-state index is 13.1. The number of nitro groups is 1. The van der Waals surface area contributed by atoms with Crippen LogP contribution in [0.25, 0.3) is 0 Å². The lowest BCUT2D eigenvalue weighted by atomic mass is 10.3. The summed E-state index contributed by atoms with van der Waals surface area (Å²) in [6.45, 7) is 0. The minimum Gasteiger partial charge on any atom is -0.274 e. The van der Waals surface area contributed by atoms with E-state index >= 15 is 0 Å². The van der Waals surface area contributed by atoms with Crippen LogP contribution in [-0.2, 0) is 10.0 Å². The molecule has 138 valence electrons. The molecule has 0 heterocycles. The van der Waals surface area contributed by atoms with Gasteiger partial charge in [0.1, 0.15) is 5.70 Å². The summed E-state index contributed by atoms with van der Waals surface area (Å²) in [5.74, 6) is 0. The Hall–Kier alpha value is -2.53. The molecule has 1 N–H and O–H groups in total. The molecule has 0 aromatic heterocycles. The third-order valence-electron chi connectivity index (χ3n) is 2.96. The van der Waals surface area contributed by atoms with Gasteiger partial charge in [-0.15, -0.1) is 0 Å². The molecule has 6 nitrogen and oxygen atoms in total. The van der Waals surface area contributed by atoms with Crippen LogP contribution in [-0.4, -0.2) is 19.5 Å². The van der Waals surface area contributed by atoms with E-state index in [-0.39, 0.29) is 5.69 Å². The second-order valence-electron chi connectivity index (χ2n) is 4.82. The van der Waals surface area contributed by atoms with Gasteiger partial charge in [-0.25, -0.2) is 8.42 Å². The van der Waals surface area contributed by atoms with Crippen LogP contribution in [0.4, 0.5) is 18.9 Å². The minimum absolute atomic E-state index is 0.379. The van der Waals surface area contributed by atoms with E-state index in [2.05, 4.69) is 0 Å². The number of non-ortho nitro benzene ring substituents is 1. The van der Waals surface area contributed by atoms with E-state index < -0.39 is 31.7 Å². The number of nitro benzene ring substituents is 1. The highest BCUT2D eigenvalue weighted by atomic mass is 32.2. The molecule has 0 fully saturated rings. The van der Waals surface area contributed by atoms with Crippen LogP contribution in [0.15, 0.2) is 75.5 Å². The molecule has 0 amide bonds. The molecule has 0 saturated carbocycles. The smallest absolute Gasteiger partial charge is 0.274 e. The monoisotopic (exact) mass is 404 g/mol. The standard InChI is InChI=1S/C15H11F3N2O4S2/c16-15(17,18)14(10-25-12-4-2-1-3-5-12)19-26(23,24)13-8-6-11(7-9-13)20(21)22/h1-10,19H/b14-10-. The van der Waals surface area contributed by atoms with Crippen molar-refractivity contribution in [2.45, 2.75) is 16.0 Å². The van der Waals surface area contributed by atoms with Crippen molar-refractivity contribution in [1.29, 1.82) is 0 Å². The van der Waals surface area contributed by atoms with Crippen molar-refractivity contribution >= 4 is 27.5 Å². The van der Waals surface area contributed by atoms with Gasteiger partial charge in [0.2, 0.25) is 0 Å². The fraction of sp³-hybridized carbons (Fsp3) is 0.0667. The predicted molar refractivity (Wildman–Crippen MR) is 89.9 cm³/mol. The molecule has 0 bridgehead atoms. The molecular formula is C15H11F3N2O4S2. The molecular weight excluding hydrogens is 393 g/mol. The number of hydrogen-bond acceptors (Lipinski definition) is 5. The number of halogens is 3. The van der Waals surface area contributed by atoms with Gasteiger partial charge in [-0.05, 0) is 24.3 Å². The Morgan fingerprint density at radius 1 is 1.08 bits per heavy atom. The van der Waals surface area contributed by atoms with Crippen molar-refractivity contribution < 1.29 is 26.5 Å². The zero-order valence-electron chi connectivity index (χ0n) is 12.8. The first-order valence-electron chi connectivity index (χ1n) is 6.86. The van der Waals surface area contributed by atoms with Crippen LogP contribution in [0, 0.1) is 10.1 Å². The topological polar surface area (TPSA) is 89.3 Å². The predicted octanol–water partition coefficient (Wildman–Crippen LogP) is 4.07. The van der Waals surface area contributed by atoms with Crippen LogP contribution in [0.1, 0.15) is 0 Å². The number of thioether (sulfide) groups is 1. The first-order chi connectivity index (χ1) is 12.1. The zero-order chi connectivity index (χ0) is 19.4. The summed E-state index contributed by atoms with van der Waals surface area (Å²) in [6, 6.07) is 11.6. The average molecular weight is 404 g/mol. The van der Waals surface area contributed by atoms with Gasteiger partial charge in [0.25, 0.3) is 15.7 Å². The third-order valence-corrected chi connectivity index (χ3v) is 5.24. The van der Waals surface area contributed by atoms with Crippen LogP contribution in [0.5, 0.6) is 0 Å². The fourth-order valence-electron chi connectivity index (χ4n) is 1.73. The Labute approximate surface area is 150 Å². The maximum absolute atomic E-state index is 13.1. The molecule has 26 heavy (non-hydrogen) atoms. The molecule has 0 aliphatic carbocycles. The number of benzene rings is 2. The molecule has 0 spiro atoms. The molecule has 0 saturated heterocycles. The Balaban J connectivity index is 2.27. The average Bonchev–Trinajstić information content (AvgIpc) is 2.58. The minimum atomic E-state index is -4.93. The van der Waals surface area contributed by atoms with Gasteiger partial charge in [-0.2, -0.15) is 13.2 Å². The van der Waals surface area contributed by atoms with E-state index in [1.165, 1.54) is 4.72 Å². The van der Waals surface area contributed by atoms with Gasteiger partial charge in [-0.1, -0.05) is 30.0 Å². The number of rotatable bonds is 6. The SMILES string of the molecule is O=[N+]([O-])c1ccc(S(=O)(=O)N/C(=C\Sc2ccccc2)C(F)(F)F)cc1. The molecule has 0 unspecified atom stereocenters. The van der Waals surface area contributed by atoms with Crippen LogP contribution >= 0.6 is 11.8 Å². The number of sulfonamides is 1. The summed E-state index contributed by atoms with van der Waals surface area (Å²) in [4.78, 5) is 9.79. The largest absolute Gasteiger partial charge is 0.432 e. The van der Waals surface area contributed by atoms with Crippen LogP contribution in [0.2, 0.25) is 0 Å². The van der Waals surface area contributed by atoms with E-state index in [1.807, 2.05) is 0 Å². The number of nitrogens with one attached hydrogen (secondary N) is 1. The molecule has 0 aliphatic heterocycles. The Morgan fingerprint density at radius 3 is 2.15 bits per heavy atom. The van der Waals surface area contributed by atoms with E-state index in [9.17, 15) is 31.7 Å². The van der Waals surface area contributed by atoms with E-state index in [1.54, 1.807) is 30.3 Å². The summed E-state index contributed by atoms with van der Waals surface area (Å²) in [6.07, 6.45) is -4.93. The van der Waals surface area contributed by atoms with Crippen molar-refractivity contribution in [3.05, 3.63) is 75.8 Å². The summed E-state index contributed by atoms with van der Waals surface area (Å²) in [5.41, 5.74) is -1.85. The van der Waals surface area contributed by atoms with Gasteiger partial charge in [0, 0.05) is 22.4 Å². The molecule has 11 heteroatoms. The highest BCUT2D eigenvalue weighted by Crippen LogP contribution is 2.30. The van der Waals surface area contributed by atoms with E-state index in [0.717, 1.165) is 24.3 Å². The van der Waals surface area contributed by atoms with Crippen molar-refractivity contribution in [3.8, 4) is 0 Å². The quantitative estimate of drug-likeness (QED) is 0.445. The van der Waals surface area contributed by atoms with Gasteiger partial charge < -0.3 is 0 Å². The molecule has 0 aliphatic rings. The second kappa shape index (κ2) is 7.79. The summed E-state index contributed by atoms with van der Waals surface area (Å²) in [5, 5.41) is 11.2. The molecule has 2 rings (SSSR count). The molecule has 2 aromatic rings. The van der Waals surface area contributed by atoms with Gasteiger partial charge >= 0.3 is 6.18 Å². The lowest BCUT2D eigenvalue weighted by Crippen LogP contribution is -2.31. The first kappa shape index (κ1) is 19.8. The number of hydrogen-bond donors (Lipinski definition) is 1. The van der Waals surface area contributed by atoms with Crippen molar-refractivity contribution in [1.82, 2.24) is 4.72 Å². The van der Waals surface area contributed by atoms with Crippen molar-refractivity contribution in [2.75, 3.05) is 0 Å². The van der Waals surface area contributed by atoms with Gasteiger partial charge in [-0.3, -0.25) is 14.8 Å². The summed E-state index contributed by atoms with van der Waals surface area (Å²) in [7, 11) is -4.56. The number of allylic oxidation sites excluding steroid dienone is 1. The van der Waals surface area contributed by atoms with Crippen LogP contribution in [0.3, 0.4) is 0 Å². The van der Waals surface area contributed by atoms with Gasteiger partial charge in [0.15, 0.2) is 0 Å². The zero-order valence-corrected chi connectivity index (χ0v) is 14.4. The van der Waals surface area contributed by atoms with Crippen molar-refractivity contribution in [2.24, 2.45) is 0 Å². The molecule has 0 radical (unpaired) electrons. The Morgan fingerprint density at radius 2 is 1.65 bits per heavy atom. The van der Waals surface area contributed by atoms with Gasteiger partial charge in [0.05, 0.1) is 9.82 Å². The Bertz CT molecular complexity index is 912. The summed E-state index contributed by atoms with van der Waals surface area (Å²) >= 11 is 0.699. The third kappa shape index (κ3) is 5.23. The Kier molecular flexibility index (Phi) is 5.93. The number of alkyl halides is 3. The molecule has 0 atom stereocenters. The lowest BCUT2D eigenvalue weighted by molar-refractivity contribution is -0.384. The normalized spacial score (nSPS) is 12.7. The molecule has 2 aromatic carbocycles. The highest BCUT2D eigenvalue weighted by molar-refractivity contribution is 8.02. The maximum Gasteiger partial charge on any atom is 0.432 e. The lowest BCUT2D eigenvalue weighted by Gasteiger charge is -2.14. The van der Waals surface area contributed by atoms with Crippen LogP contribution < -0.4 is 4.72 Å². The summed E-state index contributed by atoms with van der Waals surface area (Å²) < 4.78 is 65.2. The second-order valence-corrected chi connectivity index (χ2v) is 7.44. The number of nitrogens with zero attached hydrogens (tertiary/aromatic N) is 1. The fourth-order valence-corrected chi connectivity index (χ4v) is 3.64. The highest BCUT2D eigenvalue weighted by Gasteiger charge is 2.37. The first-order valence-corrected chi connectivity index (χ1v) is 9.22. The van der Waals surface area contributed by atoms with E-state index in [0.29, 0.717) is 22.1 Å².